The Morgan fingerprint density at radius 1 is 1.33 bits per heavy atom. The van der Waals surface area contributed by atoms with Crippen molar-refractivity contribution in [1.82, 2.24) is 10.2 Å². The van der Waals surface area contributed by atoms with E-state index in [1.54, 1.807) is 0 Å². The molecule has 1 saturated heterocycles. The minimum atomic E-state index is -0.269. The van der Waals surface area contributed by atoms with Gasteiger partial charge in [-0.1, -0.05) is 17.7 Å². The number of nitrogens with one attached hydrogen (secondary N) is 1. The Balaban J connectivity index is 1.85. The van der Waals surface area contributed by atoms with E-state index >= 15 is 0 Å². The van der Waals surface area contributed by atoms with Crippen molar-refractivity contribution in [2.45, 2.75) is 51.2 Å². The molecule has 1 heterocycles. The van der Waals surface area contributed by atoms with Gasteiger partial charge in [0.1, 0.15) is 5.82 Å². The lowest BCUT2D eigenvalue weighted by atomic mass is 9.85. The van der Waals surface area contributed by atoms with Crippen LogP contribution in [-0.2, 0) is 6.54 Å². The molecule has 4 heteroatoms. The molecule has 3 rings (SSSR count). The van der Waals surface area contributed by atoms with Crippen molar-refractivity contribution in [3.05, 3.63) is 34.6 Å². The summed E-state index contributed by atoms with van der Waals surface area (Å²) in [5.74, 6) is 0.495. The summed E-state index contributed by atoms with van der Waals surface area (Å²) in [6, 6.07) is 4.74. The van der Waals surface area contributed by atoms with Crippen LogP contribution in [0, 0.1) is 11.7 Å². The fourth-order valence-electron chi connectivity index (χ4n) is 3.44. The number of rotatable bonds is 3. The van der Waals surface area contributed by atoms with E-state index in [1.807, 2.05) is 6.07 Å². The Bertz CT molecular complexity index is 542. The maximum Gasteiger partial charge on any atom is 0.124 e. The molecule has 1 aliphatic carbocycles. The molecule has 0 spiro atoms. The van der Waals surface area contributed by atoms with E-state index in [2.05, 4.69) is 31.0 Å². The molecule has 1 saturated carbocycles. The van der Waals surface area contributed by atoms with Crippen molar-refractivity contribution in [1.29, 1.82) is 0 Å². The lowest BCUT2D eigenvalue weighted by Crippen LogP contribution is -2.67. The lowest BCUT2D eigenvalue weighted by molar-refractivity contribution is 0.00521. The molecule has 1 aromatic carbocycles. The SMILES string of the molecule is CC1(C)CN(Cc2ccc(F)cc2Cl)C(C)(C2CC2)CN1. The summed E-state index contributed by atoms with van der Waals surface area (Å²) in [7, 11) is 0. The Morgan fingerprint density at radius 3 is 2.67 bits per heavy atom. The highest BCUT2D eigenvalue weighted by atomic mass is 35.5. The van der Waals surface area contributed by atoms with Gasteiger partial charge in [0.2, 0.25) is 0 Å². The first-order valence-corrected chi connectivity index (χ1v) is 8.12. The van der Waals surface area contributed by atoms with E-state index in [-0.39, 0.29) is 16.9 Å². The molecule has 0 amide bonds. The van der Waals surface area contributed by atoms with Crippen LogP contribution in [0.4, 0.5) is 4.39 Å². The molecular formula is C17H24ClFN2. The standard InChI is InChI=1S/C17H24ClFN2/c1-16(2)11-21(17(3,10-20-16)13-5-6-13)9-12-4-7-14(19)8-15(12)18/h4,7-8,13,20H,5-6,9-11H2,1-3H3. The van der Waals surface area contributed by atoms with E-state index < -0.39 is 0 Å². The van der Waals surface area contributed by atoms with Crippen LogP contribution < -0.4 is 5.32 Å². The van der Waals surface area contributed by atoms with Gasteiger partial charge in [0, 0.05) is 35.7 Å². The number of nitrogens with zero attached hydrogens (tertiary/aromatic N) is 1. The topological polar surface area (TPSA) is 15.3 Å². The highest BCUT2D eigenvalue weighted by molar-refractivity contribution is 6.31. The summed E-state index contributed by atoms with van der Waals surface area (Å²) in [5.41, 5.74) is 1.29. The fourth-order valence-corrected chi connectivity index (χ4v) is 3.67. The molecule has 1 atom stereocenters. The van der Waals surface area contributed by atoms with Gasteiger partial charge in [-0.3, -0.25) is 4.90 Å². The number of halogens is 2. The highest BCUT2D eigenvalue weighted by Gasteiger charge is 2.49. The summed E-state index contributed by atoms with van der Waals surface area (Å²) in [4.78, 5) is 2.54. The zero-order valence-electron chi connectivity index (χ0n) is 13.0. The van der Waals surface area contributed by atoms with Gasteiger partial charge >= 0.3 is 0 Å². The zero-order chi connectivity index (χ0) is 15.3. The Hall–Kier alpha value is -0.640. The first-order valence-electron chi connectivity index (χ1n) is 7.74. The first kappa shape index (κ1) is 15.3. The normalized spacial score (nSPS) is 29.6. The second kappa shape index (κ2) is 5.22. The molecule has 0 bridgehead atoms. The van der Waals surface area contributed by atoms with E-state index in [4.69, 9.17) is 11.6 Å². The van der Waals surface area contributed by atoms with Crippen LogP contribution in [0.15, 0.2) is 18.2 Å². The molecule has 0 radical (unpaired) electrons. The van der Waals surface area contributed by atoms with Gasteiger partial charge in [0.05, 0.1) is 0 Å². The Kier molecular flexibility index (Phi) is 3.79. The zero-order valence-corrected chi connectivity index (χ0v) is 13.8. The molecule has 2 aliphatic rings. The highest BCUT2D eigenvalue weighted by Crippen LogP contribution is 2.45. The average Bonchev–Trinajstić information content (AvgIpc) is 3.22. The molecule has 2 nitrogen and oxygen atoms in total. The van der Waals surface area contributed by atoms with Crippen molar-refractivity contribution in [2.75, 3.05) is 13.1 Å². The van der Waals surface area contributed by atoms with E-state index in [0.29, 0.717) is 5.02 Å². The quantitative estimate of drug-likeness (QED) is 0.912. The summed E-state index contributed by atoms with van der Waals surface area (Å²) < 4.78 is 13.2. The van der Waals surface area contributed by atoms with E-state index in [1.165, 1.54) is 25.0 Å². The summed E-state index contributed by atoms with van der Waals surface area (Å²) in [6.07, 6.45) is 2.62. The Morgan fingerprint density at radius 2 is 2.05 bits per heavy atom. The third kappa shape index (κ3) is 3.10. The summed E-state index contributed by atoms with van der Waals surface area (Å²) in [6.45, 7) is 9.59. The van der Waals surface area contributed by atoms with Crippen LogP contribution in [0.3, 0.4) is 0 Å². The van der Waals surface area contributed by atoms with Gasteiger partial charge in [-0.25, -0.2) is 4.39 Å². The van der Waals surface area contributed by atoms with Crippen molar-refractivity contribution >= 4 is 11.6 Å². The van der Waals surface area contributed by atoms with Crippen molar-refractivity contribution < 1.29 is 4.39 Å². The van der Waals surface area contributed by atoms with Gasteiger partial charge < -0.3 is 5.32 Å². The van der Waals surface area contributed by atoms with E-state index in [0.717, 1.165) is 31.1 Å². The van der Waals surface area contributed by atoms with Crippen molar-refractivity contribution in [3.8, 4) is 0 Å². The van der Waals surface area contributed by atoms with Gasteiger partial charge in [-0.2, -0.15) is 0 Å². The van der Waals surface area contributed by atoms with Gasteiger partial charge in [0.15, 0.2) is 0 Å². The van der Waals surface area contributed by atoms with Crippen LogP contribution in [0.1, 0.15) is 39.2 Å². The second-order valence-corrected chi connectivity index (χ2v) is 7.87. The van der Waals surface area contributed by atoms with Crippen LogP contribution in [0.25, 0.3) is 0 Å². The molecule has 1 aliphatic heterocycles. The molecule has 2 fully saturated rings. The minimum Gasteiger partial charge on any atom is -0.309 e. The van der Waals surface area contributed by atoms with Gasteiger partial charge in [-0.05, 0) is 57.2 Å². The predicted octanol–water partition coefficient (Wildman–Crippen LogP) is 3.83. The monoisotopic (exact) mass is 310 g/mol. The molecule has 1 N–H and O–H groups in total. The molecule has 21 heavy (non-hydrogen) atoms. The molecule has 0 aromatic heterocycles. The van der Waals surface area contributed by atoms with E-state index in [9.17, 15) is 4.39 Å². The number of piperazine rings is 1. The minimum absolute atomic E-state index is 0.0981. The summed E-state index contributed by atoms with van der Waals surface area (Å²) in [5, 5.41) is 4.21. The van der Waals surface area contributed by atoms with Crippen LogP contribution in [0.5, 0.6) is 0 Å². The number of hydrogen-bond acceptors (Lipinski definition) is 2. The van der Waals surface area contributed by atoms with Crippen LogP contribution in [-0.4, -0.2) is 29.1 Å². The lowest BCUT2D eigenvalue weighted by Gasteiger charge is -2.52. The number of benzene rings is 1. The maximum absolute atomic E-state index is 13.2. The number of hydrogen-bond donors (Lipinski definition) is 1. The molecule has 1 unspecified atom stereocenters. The molecule has 116 valence electrons. The maximum atomic E-state index is 13.2. The van der Waals surface area contributed by atoms with Crippen molar-refractivity contribution in [3.63, 3.8) is 0 Å². The van der Waals surface area contributed by atoms with Crippen LogP contribution in [0.2, 0.25) is 5.02 Å². The largest absolute Gasteiger partial charge is 0.309 e. The molecular weight excluding hydrogens is 287 g/mol. The average molecular weight is 311 g/mol. The third-order valence-corrected chi connectivity index (χ3v) is 5.42. The Labute approximate surface area is 131 Å². The first-order chi connectivity index (χ1) is 9.80. The fraction of sp³-hybridized carbons (Fsp3) is 0.647. The smallest absolute Gasteiger partial charge is 0.124 e. The van der Waals surface area contributed by atoms with Gasteiger partial charge in [0.25, 0.3) is 0 Å². The predicted molar refractivity (Wildman–Crippen MR) is 85.0 cm³/mol. The van der Waals surface area contributed by atoms with Crippen molar-refractivity contribution in [2.24, 2.45) is 5.92 Å². The van der Waals surface area contributed by atoms with Crippen LogP contribution >= 0.6 is 11.6 Å². The molecule has 1 aromatic rings. The second-order valence-electron chi connectivity index (χ2n) is 7.46. The third-order valence-electron chi connectivity index (χ3n) is 5.07. The summed E-state index contributed by atoms with van der Waals surface area (Å²) >= 11 is 6.23. The van der Waals surface area contributed by atoms with Gasteiger partial charge in [-0.15, -0.1) is 0 Å².